The monoisotopic (exact) mass is 579 g/mol. The van der Waals surface area contributed by atoms with Gasteiger partial charge in [0.15, 0.2) is 16.0 Å². The lowest BCUT2D eigenvalue weighted by atomic mass is 9.97. The zero-order chi connectivity index (χ0) is 28.2. The molecule has 0 spiro atoms. The molecule has 4 rings (SSSR count). The molecule has 0 saturated carbocycles. The van der Waals surface area contributed by atoms with Crippen LogP contribution in [0.5, 0.6) is 5.75 Å². The highest BCUT2D eigenvalue weighted by Crippen LogP contribution is 2.42. The Kier molecular flexibility index (Phi) is 9.31. The summed E-state index contributed by atoms with van der Waals surface area (Å²) in [4.78, 5) is 2.68. The Morgan fingerprint density at radius 2 is 1.87 bits per heavy atom. The van der Waals surface area contributed by atoms with E-state index in [4.69, 9.17) is 4.74 Å². The normalized spacial score (nSPS) is 15.7. The van der Waals surface area contributed by atoms with Gasteiger partial charge in [-0.25, -0.2) is 21.6 Å². The lowest BCUT2D eigenvalue weighted by Crippen LogP contribution is -2.32. The third-order valence-electron chi connectivity index (χ3n) is 6.84. The second-order valence-corrected chi connectivity index (χ2v) is 12.7. The summed E-state index contributed by atoms with van der Waals surface area (Å²) in [6.45, 7) is 2.95. The molecule has 0 aliphatic carbocycles. The Balaban J connectivity index is 1.57. The van der Waals surface area contributed by atoms with Crippen molar-refractivity contribution in [2.24, 2.45) is 5.92 Å². The lowest BCUT2D eigenvalue weighted by molar-refractivity contribution is 0.0504. The number of anilines is 2. The average molecular weight is 580 g/mol. The molecule has 1 atom stereocenters. The lowest BCUT2D eigenvalue weighted by Gasteiger charge is -2.29. The van der Waals surface area contributed by atoms with Gasteiger partial charge in [0.05, 0.1) is 39.5 Å². The number of halogens is 3. The second-order valence-electron chi connectivity index (χ2n) is 9.68. The first kappa shape index (κ1) is 29.1. The average Bonchev–Trinajstić information content (AvgIpc) is 3.28. The largest absolute Gasteiger partial charge is 0.495 e. The summed E-state index contributed by atoms with van der Waals surface area (Å²) < 4.78 is 71.5. The fourth-order valence-electron chi connectivity index (χ4n) is 4.60. The Hall–Kier alpha value is -2.94. The third-order valence-corrected chi connectivity index (χ3v) is 9.12. The van der Waals surface area contributed by atoms with E-state index in [9.17, 15) is 21.6 Å². The van der Waals surface area contributed by atoms with Crippen LogP contribution in [-0.2, 0) is 9.84 Å². The number of fused-ring (bicyclic) bond motifs is 1. The van der Waals surface area contributed by atoms with Crippen LogP contribution < -0.4 is 15.4 Å². The van der Waals surface area contributed by atoms with Crippen LogP contribution in [0.3, 0.4) is 0 Å². The summed E-state index contributed by atoms with van der Waals surface area (Å²) >= 11 is 1.21. The van der Waals surface area contributed by atoms with Gasteiger partial charge in [0.1, 0.15) is 5.75 Å². The standard InChI is InChI=1S/C28H32F3N3O3S2/c1-34-14-11-18(12-15-34)17-33-22-7-4-6-20-25(26(29)28(30)31)24(38-27(20)22)8-5-13-32-21-10-9-19(39(3,35)36)16-23(21)37-2/h4,6-7,9-10,16,18,26,28,32-33H,11-15,17H2,1-3H3. The third kappa shape index (κ3) is 6.99. The second kappa shape index (κ2) is 12.5. The van der Waals surface area contributed by atoms with Gasteiger partial charge >= 0.3 is 0 Å². The number of rotatable bonds is 9. The van der Waals surface area contributed by atoms with E-state index in [-0.39, 0.29) is 21.9 Å². The molecule has 0 amide bonds. The first-order valence-corrected chi connectivity index (χ1v) is 15.3. The summed E-state index contributed by atoms with van der Waals surface area (Å²) in [6, 6.07) is 9.73. The molecule has 1 saturated heterocycles. The van der Waals surface area contributed by atoms with Crippen LogP contribution in [0.1, 0.15) is 29.5 Å². The number of alkyl halides is 3. The van der Waals surface area contributed by atoms with E-state index in [0.717, 1.165) is 44.4 Å². The maximum absolute atomic E-state index is 14.8. The molecule has 2 N–H and O–H groups in total. The Labute approximate surface area is 231 Å². The number of nitrogens with zero attached hydrogens (tertiary/aromatic N) is 1. The van der Waals surface area contributed by atoms with Gasteiger partial charge in [0, 0.05) is 29.8 Å². The topological polar surface area (TPSA) is 70.7 Å². The first-order valence-electron chi connectivity index (χ1n) is 12.6. The van der Waals surface area contributed by atoms with E-state index < -0.39 is 22.4 Å². The zero-order valence-electron chi connectivity index (χ0n) is 22.1. The van der Waals surface area contributed by atoms with Crippen molar-refractivity contribution in [1.29, 1.82) is 0 Å². The molecule has 1 unspecified atom stereocenters. The number of hydrogen-bond donors (Lipinski definition) is 2. The Morgan fingerprint density at radius 3 is 2.54 bits per heavy atom. The van der Waals surface area contributed by atoms with E-state index in [1.807, 2.05) is 6.07 Å². The van der Waals surface area contributed by atoms with Gasteiger partial charge in [-0.1, -0.05) is 24.0 Å². The van der Waals surface area contributed by atoms with Crippen molar-refractivity contribution in [3.05, 3.63) is 46.8 Å². The molecule has 6 nitrogen and oxygen atoms in total. The van der Waals surface area contributed by atoms with Crippen LogP contribution in [0.15, 0.2) is 41.3 Å². The number of thiophene rings is 1. The quantitative estimate of drug-likeness (QED) is 0.312. The van der Waals surface area contributed by atoms with E-state index in [0.29, 0.717) is 27.4 Å². The van der Waals surface area contributed by atoms with Gasteiger partial charge in [0.2, 0.25) is 0 Å². The number of methoxy groups -OCH3 is 1. The number of ether oxygens (including phenoxy) is 1. The Bertz CT molecular complexity index is 1470. The number of likely N-dealkylation sites (tertiary alicyclic amines) is 1. The number of benzene rings is 2. The minimum absolute atomic E-state index is 0.0875. The molecule has 0 bridgehead atoms. The van der Waals surface area contributed by atoms with Crippen molar-refractivity contribution in [3.8, 4) is 17.6 Å². The number of hydrogen-bond acceptors (Lipinski definition) is 7. The fraction of sp³-hybridized carbons (Fsp3) is 0.429. The smallest absolute Gasteiger partial charge is 0.273 e. The highest BCUT2D eigenvalue weighted by Gasteiger charge is 2.29. The minimum Gasteiger partial charge on any atom is -0.495 e. The van der Waals surface area contributed by atoms with E-state index >= 15 is 0 Å². The van der Waals surface area contributed by atoms with Crippen LogP contribution in [0.25, 0.3) is 10.1 Å². The van der Waals surface area contributed by atoms with Gasteiger partial charge < -0.3 is 20.3 Å². The predicted octanol–water partition coefficient (Wildman–Crippen LogP) is 5.81. The van der Waals surface area contributed by atoms with E-state index in [1.54, 1.807) is 18.2 Å². The molecular formula is C28H32F3N3O3S2. The molecule has 1 aliphatic rings. The molecule has 3 aromatic rings. The SMILES string of the molecule is COc1cc(S(C)(=O)=O)ccc1NCC#Cc1sc2c(NCC3CCN(C)CC3)cccc2c1C(F)C(F)F. The molecular weight excluding hydrogens is 547 g/mol. The van der Waals surface area contributed by atoms with Crippen molar-refractivity contribution >= 4 is 42.6 Å². The number of nitrogens with one attached hydrogen (secondary N) is 2. The van der Waals surface area contributed by atoms with Crippen molar-refractivity contribution in [1.82, 2.24) is 4.90 Å². The maximum Gasteiger partial charge on any atom is 0.273 e. The number of piperidine rings is 1. The van der Waals surface area contributed by atoms with Crippen LogP contribution in [0.2, 0.25) is 0 Å². The van der Waals surface area contributed by atoms with Crippen molar-refractivity contribution in [3.63, 3.8) is 0 Å². The molecule has 1 fully saturated rings. The highest BCUT2D eigenvalue weighted by molar-refractivity contribution is 7.90. The Morgan fingerprint density at radius 1 is 1.13 bits per heavy atom. The summed E-state index contributed by atoms with van der Waals surface area (Å²) in [5.74, 6) is 6.61. The molecule has 0 radical (unpaired) electrons. The molecule has 2 aromatic carbocycles. The summed E-state index contributed by atoms with van der Waals surface area (Å²) in [5, 5.41) is 6.95. The molecule has 1 aliphatic heterocycles. The molecule has 1 aromatic heterocycles. The number of sulfone groups is 1. The fourth-order valence-corrected chi connectivity index (χ4v) is 6.44. The van der Waals surface area contributed by atoms with E-state index in [1.165, 1.54) is 30.6 Å². The summed E-state index contributed by atoms with van der Waals surface area (Å²) in [6.07, 6.45) is -2.36. The highest BCUT2D eigenvalue weighted by atomic mass is 32.2. The minimum atomic E-state index is -3.40. The van der Waals surface area contributed by atoms with Gasteiger partial charge in [0.25, 0.3) is 6.43 Å². The maximum atomic E-state index is 14.8. The molecule has 39 heavy (non-hydrogen) atoms. The van der Waals surface area contributed by atoms with Crippen molar-refractivity contribution in [2.75, 3.05) is 57.2 Å². The van der Waals surface area contributed by atoms with Crippen molar-refractivity contribution in [2.45, 2.75) is 30.3 Å². The van der Waals surface area contributed by atoms with Gasteiger partial charge in [-0.05, 0) is 57.1 Å². The van der Waals surface area contributed by atoms with Gasteiger partial charge in [-0.3, -0.25) is 0 Å². The van der Waals surface area contributed by atoms with Crippen LogP contribution >= 0.6 is 11.3 Å². The molecule has 2 heterocycles. The summed E-state index contributed by atoms with van der Waals surface area (Å²) in [7, 11) is 0.130. The first-order chi connectivity index (χ1) is 18.6. The van der Waals surface area contributed by atoms with Crippen molar-refractivity contribution < 1.29 is 26.3 Å². The van der Waals surface area contributed by atoms with Crippen LogP contribution in [0.4, 0.5) is 24.5 Å². The van der Waals surface area contributed by atoms with Gasteiger partial charge in [-0.15, -0.1) is 11.3 Å². The van der Waals surface area contributed by atoms with Gasteiger partial charge in [-0.2, -0.15) is 0 Å². The summed E-state index contributed by atoms with van der Waals surface area (Å²) in [5.41, 5.74) is 1.23. The van der Waals surface area contributed by atoms with Crippen LogP contribution in [-0.4, -0.2) is 66.3 Å². The van der Waals surface area contributed by atoms with Crippen LogP contribution in [0, 0.1) is 17.8 Å². The van der Waals surface area contributed by atoms with E-state index in [2.05, 4.69) is 34.4 Å². The zero-order valence-corrected chi connectivity index (χ0v) is 23.7. The molecule has 210 valence electrons. The predicted molar refractivity (Wildman–Crippen MR) is 152 cm³/mol. The molecule has 11 heteroatoms.